The number of hydrogen-bond acceptors (Lipinski definition) is 2. The quantitative estimate of drug-likeness (QED) is 0.637. The highest BCUT2D eigenvalue weighted by atomic mass is 14.6. The maximum absolute atomic E-state index is 7.50. The minimum atomic E-state index is 0.501. The van der Waals surface area contributed by atoms with Crippen molar-refractivity contribution in [2.75, 3.05) is 0 Å². The maximum atomic E-state index is 7.50. The van der Waals surface area contributed by atoms with Crippen LogP contribution in [0, 0.1) is 5.41 Å². The molecular formula is C9H10N2. The van der Waals surface area contributed by atoms with Gasteiger partial charge < -0.3 is 5.41 Å². The van der Waals surface area contributed by atoms with E-state index in [0.717, 1.165) is 5.56 Å². The first-order valence-electron chi connectivity index (χ1n) is 3.46. The van der Waals surface area contributed by atoms with Crippen LogP contribution in [0.1, 0.15) is 12.5 Å². The Balaban J connectivity index is 2.86. The van der Waals surface area contributed by atoms with Crippen molar-refractivity contribution in [3.63, 3.8) is 0 Å². The van der Waals surface area contributed by atoms with E-state index < -0.39 is 0 Å². The number of hydrogen-bond donors (Lipinski definition) is 1. The molecule has 1 heterocycles. The molecule has 0 saturated heterocycles. The lowest BCUT2D eigenvalue weighted by Crippen LogP contribution is -1.93. The monoisotopic (exact) mass is 146 g/mol. The summed E-state index contributed by atoms with van der Waals surface area (Å²) >= 11 is 0. The molecule has 0 spiro atoms. The van der Waals surface area contributed by atoms with Crippen LogP contribution < -0.4 is 0 Å². The van der Waals surface area contributed by atoms with Gasteiger partial charge in [-0.15, -0.1) is 0 Å². The molecule has 2 nitrogen and oxygen atoms in total. The summed E-state index contributed by atoms with van der Waals surface area (Å²) in [4.78, 5) is 3.91. The minimum Gasteiger partial charge on any atom is -0.300 e. The minimum absolute atomic E-state index is 0.501. The Morgan fingerprint density at radius 3 is 3.00 bits per heavy atom. The third kappa shape index (κ3) is 2.00. The zero-order valence-corrected chi connectivity index (χ0v) is 6.41. The average Bonchev–Trinajstić information content (AvgIpc) is 2.07. The lowest BCUT2D eigenvalue weighted by Gasteiger charge is -1.94. The average molecular weight is 146 g/mol. The highest BCUT2D eigenvalue weighted by Gasteiger charge is 1.93. The Labute approximate surface area is 66.1 Å². The Hall–Kier alpha value is -1.44. The smallest absolute Gasteiger partial charge is 0.0624 e. The number of nitrogens with zero attached hydrogens (tertiary/aromatic N) is 1. The third-order valence-corrected chi connectivity index (χ3v) is 1.31. The van der Waals surface area contributed by atoms with Gasteiger partial charge in [-0.05, 0) is 25.1 Å². The SMILES string of the molecule is CC=CC(=N)c1cccnc1. The van der Waals surface area contributed by atoms with Crippen LogP contribution >= 0.6 is 0 Å². The van der Waals surface area contributed by atoms with Crippen LogP contribution in [0.3, 0.4) is 0 Å². The number of aromatic nitrogens is 1. The van der Waals surface area contributed by atoms with Gasteiger partial charge in [-0.2, -0.15) is 0 Å². The number of nitrogens with one attached hydrogen (secondary N) is 1. The number of rotatable bonds is 2. The molecule has 1 aromatic rings. The molecule has 0 bridgehead atoms. The topological polar surface area (TPSA) is 36.7 Å². The summed E-state index contributed by atoms with van der Waals surface area (Å²) in [6.45, 7) is 1.89. The van der Waals surface area contributed by atoms with Crippen LogP contribution in [0.25, 0.3) is 0 Å². The van der Waals surface area contributed by atoms with Gasteiger partial charge in [-0.3, -0.25) is 4.98 Å². The summed E-state index contributed by atoms with van der Waals surface area (Å²) in [5, 5.41) is 7.50. The van der Waals surface area contributed by atoms with Gasteiger partial charge in [0.05, 0.1) is 5.71 Å². The predicted molar refractivity (Wildman–Crippen MR) is 45.9 cm³/mol. The van der Waals surface area contributed by atoms with Gasteiger partial charge in [0.25, 0.3) is 0 Å². The molecule has 2 heteroatoms. The first kappa shape index (κ1) is 7.66. The van der Waals surface area contributed by atoms with Gasteiger partial charge in [-0.1, -0.05) is 6.08 Å². The molecule has 1 N–H and O–H groups in total. The molecule has 0 aromatic carbocycles. The van der Waals surface area contributed by atoms with Crippen LogP contribution in [-0.2, 0) is 0 Å². The second-order valence-corrected chi connectivity index (χ2v) is 2.16. The molecule has 0 aliphatic carbocycles. The first-order valence-corrected chi connectivity index (χ1v) is 3.46. The van der Waals surface area contributed by atoms with E-state index in [1.54, 1.807) is 18.5 Å². The van der Waals surface area contributed by atoms with Crippen molar-refractivity contribution in [1.82, 2.24) is 4.98 Å². The normalized spacial score (nSPS) is 10.3. The van der Waals surface area contributed by atoms with E-state index in [9.17, 15) is 0 Å². The molecule has 0 fully saturated rings. The van der Waals surface area contributed by atoms with Crippen molar-refractivity contribution in [3.8, 4) is 0 Å². The van der Waals surface area contributed by atoms with Crippen molar-refractivity contribution < 1.29 is 0 Å². The fourth-order valence-electron chi connectivity index (χ4n) is 0.785. The third-order valence-electron chi connectivity index (χ3n) is 1.31. The van der Waals surface area contributed by atoms with Gasteiger partial charge >= 0.3 is 0 Å². The molecule has 0 aliphatic rings. The molecule has 0 radical (unpaired) electrons. The zero-order chi connectivity index (χ0) is 8.10. The fraction of sp³-hybridized carbons (Fsp3) is 0.111. The first-order chi connectivity index (χ1) is 5.34. The summed E-state index contributed by atoms with van der Waals surface area (Å²) in [6.07, 6.45) is 6.97. The standard InChI is InChI=1S/C9H10N2/c1-2-4-9(10)8-5-3-6-11-7-8/h2-7,10H,1H3. The summed E-state index contributed by atoms with van der Waals surface area (Å²) < 4.78 is 0. The Kier molecular flexibility index (Phi) is 2.55. The van der Waals surface area contributed by atoms with Crippen molar-refractivity contribution in [2.45, 2.75) is 6.92 Å². The molecule has 0 unspecified atom stereocenters. The van der Waals surface area contributed by atoms with E-state index in [4.69, 9.17) is 5.41 Å². The highest BCUT2D eigenvalue weighted by molar-refractivity contribution is 6.06. The molecule has 56 valence electrons. The Morgan fingerprint density at radius 1 is 1.64 bits per heavy atom. The van der Waals surface area contributed by atoms with Crippen LogP contribution in [0.15, 0.2) is 36.7 Å². The van der Waals surface area contributed by atoms with E-state index in [1.165, 1.54) is 0 Å². The van der Waals surface area contributed by atoms with Gasteiger partial charge in [0, 0.05) is 18.0 Å². The van der Waals surface area contributed by atoms with Crippen molar-refractivity contribution in [3.05, 3.63) is 42.2 Å². The molecule has 11 heavy (non-hydrogen) atoms. The summed E-state index contributed by atoms with van der Waals surface area (Å²) in [5.41, 5.74) is 1.35. The highest BCUT2D eigenvalue weighted by Crippen LogP contribution is 1.97. The van der Waals surface area contributed by atoms with Gasteiger partial charge in [0.15, 0.2) is 0 Å². The predicted octanol–water partition coefficient (Wildman–Crippen LogP) is 2.03. The molecule has 0 atom stereocenters. The largest absolute Gasteiger partial charge is 0.300 e. The van der Waals surface area contributed by atoms with Crippen molar-refractivity contribution in [2.24, 2.45) is 0 Å². The van der Waals surface area contributed by atoms with Crippen molar-refractivity contribution in [1.29, 1.82) is 5.41 Å². The van der Waals surface area contributed by atoms with Crippen LogP contribution in [0.4, 0.5) is 0 Å². The van der Waals surface area contributed by atoms with Gasteiger partial charge in [0.1, 0.15) is 0 Å². The fourth-order valence-corrected chi connectivity index (χ4v) is 0.785. The summed E-state index contributed by atoms with van der Waals surface area (Å²) in [5.74, 6) is 0. The second-order valence-electron chi connectivity index (χ2n) is 2.16. The number of pyridine rings is 1. The summed E-state index contributed by atoms with van der Waals surface area (Å²) in [6, 6.07) is 3.70. The second kappa shape index (κ2) is 3.66. The van der Waals surface area contributed by atoms with E-state index in [0.29, 0.717) is 5.71 Å². The number of allylic oxidation sites excluding steroid dienone is 2. The molecule has 1 rings (SSSR count). The van der Waals surface area contributed by atoms with Gasteiger partial charge in [-0.25, -0.2) is 0 Å². The summed E-state index contributed by atoms with van der Waals surface area (Å²) in [7, 11) is 0. The Bertz CT molecular complexity index is 262. The van der Waals surface area contributed by atoms with E-state index >= 15 is 0 Å². The van der Waals surface area contributed by atoms with Crippen LogP contribution in [0.2, 0.25) is 0 Å². The van der Waals surface area contributed by atoms with Crippen LogP contribution in [0.5, 0.6) is 0 Å². The van der Waals surface area contributed by atoms with E-state index in [2.05, 4.69) is 4.98 Å². The molecule has 0 amide bonds. The lowest BCUT2D eigenvalue weighted by molar-refractivity contribution is 1.31. The Morgan fingerprint density at radius 2 is 2.45 bits per heavy atom. The molecule has 1 aromatic heterocycles. The lowest BCUT2D eigenvalue weighted by atomic mass is 10.2. The molecule has 0 saturated carbocycles. The van der Waals surface area contributed by atoms with Crippen molar-refractivity contribution >= 4 is 5.71 Å². The van der Waals surface area contributed by atoms with E-state index in [-0.39, 0.29) is 0 Å². The molecular weight excluding hydrogens is 136 g/mol. The zero-order valence-electron chi connectivity index (χ0n) is 6.41. The maximum Gasteiger partial charge on any atom is 0.0624 e. The molecule has 0 aliphatic heterocycles. The van der Waals surface area contributed by atoms with Crippen LogP contribution in [-0.4, -0.2) is 10.7 Å². The van der Waals surface area contributed by atoms with Gasteiger partial charge in [0.2, 0.25) is 0 Å². The van der Waals surface area contributed by atoms with E-state index in [1.807, 2.05) is 25.1 Å².